The molecular weight excluding hydrogens is 436 g/mol. The number of nitrogens with one attached hydrogen (secondary N) is 1. The summed E-state index contributed by atoms with van der Waals surface area (Å²) < 4.78 is 12.4. The zero-order valence-corrected chi connectivity index (χ0v) is 19.4. The van der Waals surface area contributed by atoms with Gasteiger partial charge >= 0.3 is 5.97 Å². The van der Waals surface area contributed by atoms with E-state index >= 15 is 0 Å². The minimum atomic E-state index is -0.476. The van der Waals surface area contributed by atoms with Gasteiger partial charge in [0.15, 0.2) is 11.0 Å². The van der Waals surface area contributed by atoms with Crippen LogP contribution in [0.3, 0.4) is 0 Å². The van der Waals surface area contributed by atoms with Crippen molar-refractivity contribution >= 4 is 40.0 Å². The minimum absolute atomic E-state index is 0.128. The first kappa shape index (κ1) is 22.8. The Kier molecular flexibility index (Phi) is 7.69. The number of para-hydroxylation sites is 1. The van der Waals surface area contributed by atoms with Crippen molar-refractivity contribution in [2.45, 2.75) is 32.5 Å². The minimum Gasteiger partial charge on any atom is -0.493 e. The SMILES string of the molecule is CCOc1ccccc1-c1nnc(SCC(=O)Nc2sc(C)cc2C(=O)OC)n1CC. The van der Waals surface area contributed by atoms with Crippen molar-refractivity contribution < 1.29 is 19.1 Å². The van der Waals surface area contributed by atoms with Gasteiger partial charge in [0, 0.05) is 11.4 Å². The maximum absolute atomic E-state index is 12.5. The Morgan fingerprint density at radius 3 is 2.71 bits per heavy atom. The maximum Gasteiger partial charge on any atom is 0.340 e. The van der Waals surface area contributed by atoms with Crippen LogP contribution in [0.1, 0.15) is 29.1 Å². The molecule has 2 aromatic heterocycles. The van der Waals surface area contributed by atoms with Gasteiger partial charge in [0.2, 0.25) is 5.91 Å². The fourth-order valence-corrected chi connectivity index (χ4v) is 4.69. The first-order valence-corrected chi connectivity index (χ1v) is 11.5. The van der Waals surface area contributed by atoms with Crippen molar-refractivity contribution in [1.29, 1.82) is 0 Å². The summed E-state index contributed by atoms with van der Waals surface area (Å²) in [5.41, 5.74) is 1.21. The summed E-state index contributed by atoms with van der Waals surface area (Å²) in [4.78, 5) is 25.3. The highest BCUT2D eigenvalue weighted by Crippen LogP contribution is 2.32. The van der Waals surface area contributed by atoms with E-state index in [0.717, 1.165) is 16.2 Å². The van der Waals surface area contributed by atoms with E-state index in [-0.39, 0.29) is 11.7 Å². The number of hydrogen-bond acceptors (Lipinski definition) is 8. The van der Waals surface area contributed by atoms with Crippen LogP contribution in [0.5, 0.6) is 5.75 Å². The number of nitrogens with zero attached hydrogens (tertiary/aromatic N) is 3. The fraction of sp³-hybridized carbons (Fsp3) is 0.333. The van der Waals surface area contributed by atoms with Crippen molar-refractivity contribution in [3.8, 4) is 17.1 Å². The van der Waals surface area contributed by atoms with Crippen molar-refractivity contribution in [1.82, 2.24) is 14.8 Å². The molecule has 164 valence electrons. The van der Waals surface area contributed by atoms with Gasteiger partial charge in [-0.05, 0) is 39.0 Å². The van der Waals surface area contributed by atoms with E-state index in [1.807, 2.05) is 49.6 Å². The van der Waals surface area contributed by atoms with Gasteiger partial charge in [0.05, 0.1) is 30.6 Å². The lowest BCUT2D eigenvalue weighted by atomic mass is 10.2. The lowest BCUT2D eigenvalue weighted by Gasteiger charge is -2.11. The van der Waals surface area contributed by atoms with E-state index < -0.39 is 5.97 Å². The molecule has 0 saturated heterocycles. The van der Waals surface area contributed by atoms with Gasteiger partial charge in [-0.15, -0.1) is 21.5 Å². The molecule has 0 saturated carbocycles. The average Bonchev–Trinajstić information content (AvgIpc) is 3.34. The average molecular weight is 461 g/mol. The molecule has 10 heteroatoms. The van der Waals surface area contributed by atoms with E-state index in [1.54, 1.807) is 6.07 Å². The molecule has 0 aliphatic carbocycles. The summed E-state index contributed by atoms with van der Waals surface area (Å²) in [6.07, 6.45) is 0. The Hall–Kier alpha value is -2.85. The molecule has 3 aromatic rings. The number of aryl methyl sites for hydroxylation is 1. The van der Waals surface area contributed by atoms with Gasteiger partial charge in [-0.25, -0.2) is 4.79 Å². The van der Waals surface area contributed by atoms with Crippen LogP contribution < -0.4 is 10.1 Å². The van der Waals surface area contributed by atoms with E-state index in [1.165, 1.54) is 30.2 Å². The molecule has 0 atom stereocenters. The lowest BCUT2D eigenvalue weighted by molar-refractivity contribution is -0.113. The summed E-state index contributed by atoms with van der Waals surface area (Å²) in [6.45, 7) is 6.99. The molecule has 0 bridgehead atoms. The Labute approximate surface area is 189 Å². The largest absolute Gasteiger partial charge is 0.493 e. The first-order chi connectivity index (χ1) is 15.0. The van der Waals surface area contributed by atoms with E-state index in [9.17, 15) is 9.59 Å². The Balaban J connectivity index is 1.74. The van der Waals surface area contributed by atoms with Gasteiger partial charge in [-0.1, -0.05) is 23.9 Å². The molecule has 1 amide bonds. The Morgan fingerprint density at radius 1 is 1.23 bits per heavy atom. The summed E-state index contributed by atoms with van der Waals surface area (Å²) in [6, 6.07) is 9.38. The number of carbonyl (C=O) groups excluding carboxylic acids is 2. The van der Waals surface area contributed by atoms with E-state index in [0.29, 0.717) is 34.7 Å². The molecule has 2 heterocycles. The van der Waals surface area contributed by atoms with Gasteiger partial charge in [-0.3, -0.25) is 4.79 Å². The molecule has 0 unspecified atom stereocenters. The Bertz CT molecular complexity index is 1080. The predicted octanol–water partition coefficient (Wildman–Crippen LogP) is 4.25. The molecule has 0 fully saturated rings. The number of aromatic nitrogens is 3. The molecule has 0 aliphatic heterocycles. The highest BCUT2D eigenvalue weighted by atomic mass is 32.2. The normalized spacial score (nSPS) is 10.7. The van der Waals surface area contributed by atoms with Crippen LogP contribution in [0.4, 0.5) is 5.00 Å². The Morgan fingerprint density at radius 2 is 2.00 bits per heavy atom. The molecule has 1 aromatic carbocycles. The van der Waals surface area contributed by atoms with Crippen molar-refractivity contribution in [2.75, 3.05) is 24.8 Å². The zero-order chi connectivity index (χ0) is 22.4. The number of thioether (sulfide) groups is 1. The number of anilines is 1. The molecular formula is C21H24N4O4S2. The number of ether oxygens (including phenoxy) is 2. The molecule has 8 nitrogen and oxygen atoms in total. The number of thiophene rings is 1. The van der Waals surface area contributed by atoms with Crippen molar-refractivity contribution in [3.05, 3.63) is 40.8 Å². The third-order valence-electron chi connectivity index (χ3n) is 4.31. The number of hydrogen-bond donors (Lipinski definition) is 1. The topological polar surface area (TPSA) is 95.3 Å². The monoisotopic (exact) mass is 460 g/mol. The van der Waals surface area contributed by atoms with Gasteiger partial charge < -0.3 is 19.4 Å². The molecule has 0 radical (unpaired) electrons. The van der Waals surface area contributed by atoms with Crippen LogP contribution in [0.15, 0.2) is 35.5 Å². The van der Waals surface area contributed by atoms with Crippen LogP contribution in [0.25, 0.3) is 11.4 Å². The number of carbonyl (C=O) groups is 2. The number of amides is 1. The summed E-state index contributed by atoms with van der Waals surface area (Å²) in [5, 5.41) is 12.5. The molecule has 3 rings (SSSR count). The summed E-state index contributed by atoms with van der Waals surface area (Å²) in [7, 11) is 1.32. The van der Waals surface area contributed by atoms with E-state index in [2.05, 4.69) is 15.5 Å². The van der Waals surface area contributed by atoms with Crippen LogP contribution in [-0.4, -0.2) is 46.1 Å². The first-order valence-electron chi connectivity index (χ1n) is 9.75. The van der Waals surface area contributed by atoms with Crippen molar-refractivity contribution in [2.24, 2.45) is 0 Å². The second-order valence-corrected chi connectivity index (χ2v) is 8.61. The predicted molar refractivity (Wildman–Crippen MR) is 122 cm³/mol. The van der Waals surface area contributed by atoms with Crippen LogP contribution in [0.2, 0.25) is 0 Å². The van der Waals surface area contributed by atoms with Gasteiger partial charge in [-0.2, -0.15) is 0 Å². The van der Waals surface area contributed by atoms with Crippen LogP contribution in [0, 0.1) is 6.92 Å². The number of methoxy groups -OCH3 is 1. The number of benzene rings is 1. The lowest BCUT2D eigenvalue weighted by Crippen LogP contribution is -2.16. The molecule has 0 aliphatic rings. The molecule has 0 spiro atoms. The molecule has 31 heavy (non-hydrogen) atoms. The number of esters is 1. The second-order valence-electron chi connectivity index (χ2n) is 6.41. The third kappa shape index (κ3) is 5.26. The number of rotatable bonds is 9. The van der Waals surface area contributed by atoms with Crippen LogP contribution >= 0.6 is 23.1 Å². The van der Waals surface area contributed by atoms with Gasteiger partial charge in [0.1, 0.15) is 10.8 Å². The highest BCUT2D eigenvalue weighted by Gasteiger charge is 2.20. The third-order valence-corrected chi connectivity index (χ3v) is 6.24. The standard InChI is InChI=1S/C21H24N4O4S2/c1-5-25-18(14-9-7-8-10-16(14)29-6-2)23-24-21(25)30-12-17(26)22-19-15(20(27)28-4)11-13(3)31-19/h7-11H,5-6,12H2,1-4H3,(H,22,26). The maximum atomic E-state index is 12.5. The summed E-state index contributed by atoms with van der Waals surface area (Å²) >= 11 is 2.62. The smallest absolute Gasteiger partial charge is 0.340 e. The second kappa shape index (κ2) is 10.5. The molecule has 1 N–H and O–H groups in total. The summed E-state index contributed by atoms with van der Waals surface area (Å²) in [5.74, 6) is 0.846. The quantitative estimate of drug-likeness (QED) is 0.377. The zero-order valence-electron chi connectivity index (χ0n) is 17.8. The van der Waals surface area contributed by atoms with Crippen molar-refractivity contribution in [3.63, 3.8) is 0 Å². The van der Waals surface area contributed by atoms with Gasteiger partial charge in [0.25, 0.3) is 0 Å². The fourth-order valence-electron chi connectivity index (χ4n) is 2.97. The highest BCUT2D eigenvalue weighted by molar-refractivity contribution is 7.99. The van der Waals surface area contributed by atoms with E-state index in [4.69, 9.17) is 9.47 Å². The van der Waals surface area contributed by atoms with Crippen LogP contribution in [-0.2, 0) is 16.1 Å².